The molecule has 0 amide bonds. The van der Waals surface area contributed by atoms with E-state index in [0.29, 0.717) is 4.68 Å². The minimum absolute atomic E-state index is 0.457. The first kappa shape index (κ1) is 10.0. The van der Waals surface area contributed by atoms with Gasteiger partial charge in [-0.1, -0.05) is 0 Å². The monoisotopic (exact) mass is 199 g/mol. The first-order valence-corrected chi connectivity index (χ1v) is 3.72. The third kappa shape index (κ3) is 1.39. The van der Waals surface area contributed by atoms with Crippen molar-refractivity contribution in [2.75, 3.05) is 12.5 Å². The molecule has 0 saturated heterocycles. The maximum absolute atomic E-state index is 11.3. The SMILES string of the molecule is CNn1c(=O)c(C(=O)O)cn(C)c1=O. The molecule has 7 nitrogen and oxygen atoms in total. The molecule has 1 aromatic rings. The number of hydrogen-bond donors (Lipinski definition) is 2. The van der Waals surface area contributed by atoms with Crippen LogP contribution < -0.4 is 16.7 Å². The lowest BCUT2D eigenvalue weighted by atomic mass is 10.3. The summed E-state index contributed by atoms with van der Waals surface area (Å²) in [7, 11) is 2.72. The van der Waals surface area contributed by atoms with Gasteiger partial charge in [0, 0.05) is 20.3 Å². The predicted octanol–water partition coefficient (Wildman–Crippen LogP) is -1.58. The highest BCUT2D eigenvalue weighted by molar-refractivity contribution is 5.86. The van der Waals surface area contributed by atoms with E-state index in [1.165, 1.54) is 14.1 Å². The molecule has 0 aliphatic rings. The summed E-state index contributed by atoms with van der Waals surface area (Å²) in [5, 5.41) is 8.64. The molecule has 1 heterocycles. The van der Waals surface area contributed by atoms with E-state index in [1.807, 2.05) is 0 Å². The highest BCUT2D eigenvalue weighted by Crippen LogP contribution is 1.86. The zero-order chi connectivity index (χ0) is 10.9. The number of carboxylic acids is 1. The Morgan fingerprint density at radius 2 is 2.07 bits per heavy atom. The second-order valence-corrected chi connectivity index (χ2v) is 2.61. The van der Waals surface area contributed by atoms with E-state index in [9.17, 15) is 14.4 Å². The quantitative estimate of drug-likeness (QED) is 0.599. The van der Waals surface area contributed by atoms with Crippen LogP contribution in [-0.4, -0.2) is 27.4 Å². The largest absolute Gasteiger partial charge is 0.477 e. The van der Waals surface area contributed by atoms with Gasteiger partial charge in [0.15, 0.2) is 0 Å². The molecule has 0 atom stereocenters. The minimum Gasteiger partial charge on any atom is -0.477 e. The van der Waals surface area contributed by atoms with Gasteiger partial charge in [0.25, 0.3) is 5.56 Å². The van der Waals surface area contributed by atoms with Gasteiger partial charge in [0.05, 0.1) is 0 Å². The summed E-state index contributed by atoms with van der Waals surface area (Å²) in [5.41, 5.74) is 0.355. The number of aryl methyl sites for hydroxylation is 1. The molecule has 0 aromatic carbocycles. The zero-order valence-electron chi connectivity index (χ0n) is 7.64. The van der Waals surface area contributed by atoms with Crippen molar-refractivity contribution in [3.8, 4) is 0 Å². The van der Waals surface area contributed by atoms with Gasteiger partial charge in [-0.2, -0.15) is 4.68 Å². The summed E-state index contributed by atoms with van der Waals surface area (Å²) in [5.74, 6) is -1.37. The van der Waals surface area contributed by atoms with E-state index in [2.05, 4.69) is 5.43 Å². The summed E-state index contributed by atoms with van der Waals surface area (Å²) < 4.78 is 1.64. The molecule has 1 rings (SSSR count). The molecule has 0 aliphatic heterocycles. The van der Waals surface area contributed by atoms with Gasteiger partial charge >= 0.3 is 11.7 Å². The number of carboxylic acid groups (broad SMARTS) is 1. The van der Waals surface area contributed by atoms with Crippen LogP contribution in [0.4, 0.5) is 0 Å². The number of nitrogens with zero attached hydrogens (tertiary/aromatic N) is 2. The molecule has 0 fully saturated rings. The fourth-order valence-electron chi connectivity index (χ4n) is 1.01. The molecule has 0 radical (unpaired) electrons. The zero-order valence-corrected chi connectivity index (χ0v) is 7.64. The minimum atomic E-state index is -1.37. The van der Waals surface area contributed by atoms with E-state index < -0.39 is 22.8 Å². The maximum Gasteiger partial charge on any atom is 0.349 e. The smallest absolute Gasteiger partial charge is 0.349 e. The number of hydrogen-bond acceptors (Lipinski definition) is 4. The van der Waals surface area contributed by atoms with Gasteiger partial charge in [0.2, 0.25) is 0 Å². The van der Waals surface area contributed by atoms with Crippen LogP contribution in [0.1, 0.15) is 10.4 Å². The van der Waals surface area contributed by atoms with Gasteiger partial charge < -0.3 is 15.1 Å². The fraction of sp³-hybridized carbons (Fsp3) is 0.286. The third-order valence-corrected chi connectivity index (χ3v) is 1.70. The Morgan fingerprint density at radius 1 is 1.50 bits per heavy atom. The van der Waals surface area contributed by atoms with Crippen LogP contribution in [0, 0.1) is 0 Å². The van der Waals surface area contributed by atoms with Gasteiger partial charge in [-0.05, 0) is 0 Å². The van der Waals surface area contributed by atoms with E-state index in [1.54, 1.807) is 0 Å². The molecular weight excluding hydrogens is 190 g/mol. The second-order valence-electron chi connectivity index (χ2n) is 2.61. The van der Waals surface area contributed by atoms with Crippen molar-refractivity contribution in [2.24, 2.45) is 7.05 Å². The molecule has 0 spiro atoms. The lowest BCUT2D eigenvalue weighted by Crippen LogP contribution is -2.45. The van der Waals surface area contributed by atoms with Gasteiger partial charge in [-0.25, -0.2) is 9.59 Å². The van der Waals surface area contributed by atoms with Crippen LogP contribution in [0.15, 0.2) is 15.8 Å². The maximum atomic E-state index is 11.3. The number of nitrogens with one attached hydrogen (secondary N) is 1. The lowest BCUT2D eigenvalue weighted by Gasteiger charge is -2.06. The Labute approximate surface area is 78.2 Å². The summed E-state index contributed by atoms with van der Waals surface area (Å²) in [6, 6.07) is 0. The van der Waals surface area contributed by atoms with Gasteiger partial charge in [0.1, 0.15) is 5.56 Å². The van der Waals surface area contributed by atoms with Crippen LogP contribution in [-0.2, 0) is 7.05 Å². The number of aromatic nitrogens is 2. The van der Waals surface area contributed by atoms with Crippen LogP contribution in [0.2, 0.25) is 0 Å². The van der Waals surface area contributed by atoms with Crippen LogP contribution >= 0.6 is 0 Å². The highest BCUT2D eigenvalue weighted by Gasteiger charge is 2.13. The molecular formula is C7H9N3O4. The molecule has 0 bridgehead atoms. The topological polar surface area (TPSA) is 93.3 Å². The summed E-state index contributed by atoms with van der Waals surface area (Å²) in [4.78, 5) is 33.2. The number of carbonyl (C=O) groups is 1. The molecule has 76 valence electrons. The Morgan fingerprint density at radius 3 is 2.50 bits per heavy atom. The van der Waals surface area contributed by atoms with Crippen molar-refractivity contribution < 1.29 is 9.90 Å². The molecule has 7 heteroatoms. The van der Waals surface area contributed by atoms with E-state index in [-0.39, 0.29) is 0 Å². The molecule has 0 saturated carbocycles. The first-order chi connectivity index (χ1) is 6.49. The van der Waals surface area contributed by atoms with Crippen molar-refractivity contribution in [1.29, 1.82) is 0 Å². The number of rotatable bonds is 2. The van der Waals surface area contributed by atoms with Crippen molar-refractivity contribution >= 4 is 5.97 Å². The Bertz CT molecular complexity index is 485. The Balaban J connectivity index is 3.68. The fourth-order valence-corrected chi connectivity index (χ4v) is 1.01. The average Bonchev–Trinajstić information content (AvgIpc) is 2.12. The van der Waals surface area contributed by atoms with Gasteiger partial charge in [-0.15, -0.1) is 0 Å². The standard InChI is InChI=1S/C7H9N3O4/c1-8-10-5(11)4(6(12)13)3-9(2)7(10)14/h3,8H,1-2H3,(H,12,13). The molecule has 0 aliphatic carbocycles. The normalized spacial score (nSPS) is 9.86. The number of aromatic carboxylic acids is 1. The van der Waals surface area contributed by atoms with Crippen LogP contribution in [0.5, 0.6) is 0 Å². The van der Waals surface area contributed by atoms with Crippen molar-refractivity contribution in [2.45, 2.75) is 0 Å². The predicted molar refractivity (Wildman–Crippen MR) is 48.2 cm³/mol. The third-order valence-electron chi connectivity index (χ3n) is 1.70. The van der Waals surface area contributed by atoms with Crippen molar-refractivity contribution in [1.82, 2.24) is 9.24 Å². The molecule has 1 aromatic heterocycles. The van der Waals surface area contributed by atoms with Gasteiger partial charge in [-0.3, -0.25) is 4.79 Å². The van der Waals surface area contributed by atoms with E-state index in [4.69, 9.17) is 5.11 Å². The van der Waals surface area contributed by atoms with Crippen molar-refractivity contribution in [3.05, 3.63) is 32.6 Å². The first-order valence-electron chi connectivity index (χ1n) is 3.72. The Hall–Kier alpha value is -2.05. The average molecular weight is 199 g/mol. The molecule has 14 heavy (non-hydrogen) atoms. The van der Waals surface area contributed by atoms with E-state index in [0.717, 1.165) is 10.8 Å². The summed E-state index contributed by atoms with van der Waals surface area (Å²) in [6.07, 6.45) is 0.987. The highest BCUT2D eigenvalue weighted by atomic mass is 16.4. The van der Waals surface area contributed by atoms with Crippen LogP contribution in [0.3, 0.4) is 0 Å². The molecule has 2 N–H and O–H groups in total. The summed E-state index contributed by atoms with van der Waals surface area (Å²) in [6.45, 7) is 0. The second kappa shape index (κ2) is 3.36. The van der Waals surface area contributed by atoms with E-state index >= 15 is 0 Å². The molecule has 0 unspecified atom stereocenters. The lowest BCUT2D eigenvalue weighted by molar-refractivity contribution is 0.0693. The summed E-state index contributed by atoms with van der Waals surface area (Å²) >= 11 is 0. The Kier molecular flexibility index (Phi) is 2.41. The van der Waals surface area contributed by atoms with Crippen LogP contribution in [0.25, 0.3) is 0 Å². The van der Waals surface area contributed by atoms with Crippen molar-refractivity contribution in [3.63, 3.8) is 0 Å².